The number of carbonyl (C=O) groups excluding carboxylic acids is 2. The number of nitrogens with zero attached hydrogens (tertiary/aromatic N) is 3. The lowest BCUT2D eigenvalue weighted by molar-refractivity contribution is -0.123. The van der Waals surface area contributed by atoms with Gasteiger partial charge in [-0.05, 0) is 48.4 Å². The van der Waals surface area contributed by atoms with Crippen molar-refractivity contribution in [3.05, 3.63) is 71.6 Å². The van der Waals surface area contributed by atoms with Crippen molar-refractivity contribution in [1.29, 1.82) is 0 Å². The lowest BCUT2D eigenvalue weighted by Crippen LogP contribution is -2.33. The van der Waals surface area contributed by atoms with E-state index in [1.165, 1.54) is 21.2 Å². The number of imide groups is 1. The van der Waals surface area contributed by atoms with Crippen LogP contribution in [-0.2, 0) is 16.1 Å². The zero-order valence-electron chi connectivity index (χ0n) is 17.1. The average molecular weight is 397 g/mol. The number of carbonyl (C=O) groups is 2. The lowest BCUT2D eigenvalue weighted by Gasteiger charge is -2.18. The van der Waals surface area contributed by atoms with Crippen molar-refractivity contribution in [3.8, 4) is 0 Å². The number of hydrogen-bond acceptors (Lipinski definition) is 3. The molecule has 3 aromatic rings. The number of hydrogen-bond donors (Lipinski definition) is 0. The Balaban J connectivity index is 1.39. The normalized spacial score (nSPS) is 26.9. The van der Waals surface area contributed by atoms with Gasteiger partial charge in [0.15, 0.2) is 0 Å². The Morgan fingerprint density at radius 1 is 0.933 bits per heavy atom. The Bertz CT molecular complexity index is 1220. The van der Waals surface area contributed by atoms with Crippen molar-refractivity contribution >= 4 is 28.3 Å². The van der Waals surface area contributed by atoms with Crippen molar-refractivity contribution in [2.45, 2.75) is 26.8 Å². The number of allylic oxidation sites excluding steroid dienone is 2. The van der Waals surface area contributed by atoms with Gasteiger partial charge in [-0.1, -0.05) is 54.6 Å². The highest BCUT2D eigenvalue weighted by molar-refractivity contribution is 6.23. The first kappa shape index (κ1) is 17.6. The summed E-state index contributed by atoms with van der Waals surface area (Å²) >= 11 is 0. The van der Waals surface area contributed by atoms with E-state index in [1.54, 1.807) is 0 Å². The van der Waals surface area contributed by atoms with Gasteiger partial charge >= 0.3 is 0 Å². The van der Waals surface area contributed by atoms with Crippen LogP contribution in [0, 0.1) is 37.5 Å². The summed E-state index contributed by atoms with van der Waals surface area (Å²) in [5, 5.41) is 7.11. The fraction of sp³-hybridized carbons (Fsp3) is 0.320. The predicted octanol–water partition coefficient (Wildman–Crippen LogP) is 4.01. The monoisotopic (exact) mass is 397 g/mol. The molecule has 150 valence electrons. The van der Waals surface area contributed by atoms with E-state index in [4.69, 9.17) is 5.10 Å². The van der Waals surface area contributed by atoms with Gasteiger partial charge in [0.05, 0.1) is 35.5 Å². The van der Waals surface area contributed by atoms with Crippen LogP contribution in [-0.4, -0.2) is 21.6 Å². The van der Waals surface area contributed by atoms with E-state index < -0.39 is 0 Å². The molecule has 2 fully saturated rings. The second-order valence-corrected chi connectivity index (χ2v) is 8.83. The predicted molar refractivity (Wildman–Crippen MR) is 115 cm³/mol. The summed E-state index contributed by atoms with van der Waals surface area (Å²) in [6.45, 7) is 4.45. The maximum atomic E-state index is 13.3. The topological polar surface area (TPSA) is 55.2 Å². The first-order valence-electron chi connectivity index (χ1n) is 10.6. The summed E-state index contributed by atoms with van der Waals surface area (Å²) in [6.07, 6.45) is 5.20. The van der Waals surface area contributed by atoms with Crippen molar-refractivity contribution in [2.75, 3.05) is 4.90 Å². The molecule has 1 aromatic heterocycles. The Morgan fingerprint density at radius 3 is 2.33 bits per heavy atom. The van der Waals surface area contributed by atoms with Crippen LogP contribution in [0.5, 0.6) is 0 Å². The standard InChI is InChI=1S/C25H23N3O2/c1-14-23(28-24(29)21-17-10-11-18(12-17)22(21)25(28)30)15(2)27(26-14)13-19-8-5-7-16-6-3-4-9-20(16)19/h3-11,17-18,21-22H,12-13H2,1-2H3/t17-,18-,21-,22+/m0/s1. The van der Waals surface area contributed by atoms with Crippen LogP contribution >= 0.6 is 0 Å². The van der Waals surface area contributed by atoms with E-state index in [9.17, 15) is 9.59 Å². The fourth-order valence-corrected chi connectivity index (χ4v) is 5.88. The molecule has 0 spiro atoms. The molecule has 3 aliphatic rings. The maximum Gasteiger partial charge on any atom is 0.238 e. The Morgan fingerprint density at radius 2 is 1.60 bits per heavy atom. The molecule has 2 bridgehead atoms. The molecule has 30 heavy (non-hydrogen) atoms. The minimum Gasteiger partial charge on any atom is -0.274 e. The first-order chi connectivity index (χ1) is 14.5. The molecule has 2 aromatic carbocycles. The Hall–Kier alpha value is -3.21. The number of rotatable bonds is 3. The lowest BCUT2D eigenvalue weighted by atomic mass is 9.85. The van der Waals surface area contributed by atoms with Crippen molar-refractivity contribution in [2.24, 2.45) is 23.7 Å². The van der Waals surface area contributed by atoms with Gasteiger partial charge in [0.1, 0.15) is 0 Å². The molecule has 2 amide bonds. The van der Waals surface area contributed by atoms with Gasteiger partial charge in [-0.3, -0.25) is 14.3 Å². The number of fused-ring (bicyclic) bond motifs is 6. The second-order valence-electron chi connectivity index (χ2n) is 8.83. The summed E-state index contributed by atoms with van der Waals surface area (Å²) in [7, 11) is 0. The summed E-state index contributed by atoms with van der Waals surface area (Å²) < 4.78 is 1.92. The van der Waals surface area contributed by atoms with E-state index in [0.717, 1.165) is 17.8 Å². The van der Waals surface area contributed by atoms with Gasteiger partial charge in [0.25, 0.3) is 0 Å². The highest BCUT2D eigenvalue weighted by Gasteiger charge is 2.60. The number of amides is 2. The molecule has 0 unspecified atom stereocenters. The van der Waals surface area contributed by atoms with Gasteiger partial charge in [-0.25, -0.2) is 4.90 Å². The number of benzene rings is 2. The molecule has 5 heteroatoms. The number of anilines is 1. The third-order valence-electron chi connectivity index (χ3n) is 7.24. The minimum atomic E-state index is -0.187. The van der Waals surface area contributed by atoms with Gasteiger partial charge < -0.3 is 0 Å². The van der Waals surface area contributed by atoms with Gasteiger partial charge in [0.2, 0.25) is 11.8 Å². The number of aromatic nitrogens is 2. The highest BCUT2D eigenvalue weighted by atomic mass is 16.2. The molecule has 6 rings (SSSR count). The van der Waals surface area contributed by atoms with Crippen LogP contribution in [0.4, 0.5) is 5.69 Å². The van der Waals surface area contributed by atoms with E-state index in [1.807, 2.05) is 30.7 Å². The van der Waals surface area contributed by atoms with Gasteiger partial charge in [-0.15, -0.1) is 0 Å². The van der Waals surface area contributed by atoms with E-state index in [0.29, 0.717) is 12.2 Å². The zero-order chi connectivity index (χ0) is 20.6. The zero-order valence-corrected chi connectivity index (χ0v) is 17.1. The van der Waals surface area contributed by atoms with E-state index >= 15 is 0 Å². The molecule has 4 atom stereocenters. The van der Waals surface area contributed by atoms with Crippen LogP contribution in [0.1, 0.15) is 23.4 Å². The van der Waals surface area contributed by atoms with Crippen LogP contribution in [0.2, 0.25) is 0 Å². The Labute approximate surface area is 175 Å². The van der Waals surface area contributed by atoms with Crippen molar-refractivity contribution in [1.82, 2.24) is 9.78 Å². The molecule has 1 aliphatic heterocycles. The van der Waals surface area contributed by atoms with Crippen LogP contribution < -0.4 is 4.90 Å². The summed E-state index contributed by atoms with van der Waals surface area (Å²) in [5.74, 6) is -0.0310. The van der Waals surface area contributed by atoms with Gasteiger partial charge in [0, 0.05) is 0 Å². The number of aryl methyl sites for hydroxylation is 1. The van der Waals surface area contributed by atoms with E-state index in [2.05, 4.69) is 42.5 Å². The molecule has 1 saturated carbocycles. The minimum absolute atomic E-state index is 0.0437. The third kappa shape index (κ3) is 2.26. The molecule has 0 radical (unpaired) electrons. The van der Waals surface area contributed by atoms with Crippen LogP contribution in [0.3, 0.4) is 0 Å². The van der Waals surface area contributed by atoms with Gasteiger partial charge in [-0.2, -0.15) is 5.10 Å². The molecule has 2 heterocycles. The molecule has 5 nitrogen and oxygen atoms in total. The second kappa shape index (κ2) is 6.14. The third-order valence-corrected chi connectivity index (χ3v) is 7.24. The molecular formula is C25H23N3O2. The SMILES string of the molecule is Cc1nn(Cc2cccc3ccccc23)c(C)c1N1C(=O)[C@@H]2[C@H](C1=O)[C@H]1C=C[C@H]2C1. The largest absolute Gasteiger partial charge is 0.274 e. The van der Waals surface area contributed by atoms with Crippen LogP contribution in [0.25, 0.3) is 10.8 Å². The highest BCUT2D eigenvalue weighted by Crippen LogP contribution is 2.53. The smallest absolute Gasteiger partial charge is 0.238 e. The van der Waals surface area contributed by atoms with Crippen molar-refractivity contribution in [3.63, 3.8) is 0 Å². The Kier molecular flexibility index (Phi) is 3.61. The summed E-state index contributed by atoms with van der Waals surface area (Å²) in [4.78, 5) is 28.0. The quantitative estimate of drug-likeness (QED) is 0.496. The van der Waals surface area contributed by atoms with Crippen LogP contribution in [0.15, 0.2) is 54.6 Å². The molecule has 1 saturated heterocycles. The molecule has 0 N–H and O–H groups in total. The average Bonchev–Trinajstić information content (AvgIpc) is 3.48. The van der Waals surface area contributed by atoms with Crippen molar-refractivity contribution < 1.29 is 9.59 Å². The molecular weight excluding hydrogens is 374 g/mol. The van der Waals surface area contributed by atoms with E-state index in [-0.39, 0.29) is 35.5 Å². The summed E-state index contributed by atoms with van der Waals surface area (Å²) in [6, 6.07) is 14.6. The first-order valence-corrected chi connectivity index (χ1v) is 10.6. The summed E-state index contributed by atoms with van der Waals surface area (Å²) in [5.41, 5.74) is 3.44. The maximum absolute atomic E-state index is 13.3. The fourth-order valence-electron chi connectivity index (χ4n) is 5.88. The molecule has 2 aliphatic carbocycles.